The van der Waals surface area contributed by atoms with Gasteiger partial charge in [0.1, 0.15) is 0 Å². The van der Waals surface area contributed by atoms with Crippen LogP contribution in [0.25, 0.3) is 0 Å². The quantitative estimate of drug-likeness (QED) is 0.843. The van der Waals surface area contributed by atoms with Crippen molar-refractivity contribution in [2.75, 3.05) is 45.0 Å². The topological polar surface area (TPSA) is 32.5 Å². The van der Waals surface area contributed by atoms with E-state index in [4.69, 9.17) is 5.73 Å². The first-order valence-electron chi connectivity index (χ1n) is 8.54. The number of anilines is 1. The molecule has 0 radical (unpaired) electrons. The summed E-state index contributed by atoms with van der Waals surface area (Å²) in [7, 11) is 0. The number of nitrogens with zero attached hydrogens (tertiary/aromatic N) is 2. The van der Waals surface area contributed by atoms with E-state index in [9.17, 15) is 0 Å². The molecule has 3 fully saturated rings. The van der Waals surface area contributed by atoms with Gasteiger partial charge in [-0.1, -0.05) is 12.1 Å². The number of hydrogen-bond acceptors (Lipinski definition) is 3. The summed E-state index contributed by atoms with van der Waals surface area (Å²) >= 11 is 0. The van der Waals surface area contributed by atoms with Crippen LogP contribution in [0.2, 0.25) is 0 Å². The summed E-state index contributed by atoms with van der Waals surface area (Å²) in [6, 6.07) is 8.60. The molecule has 3 aliphatic rings. The molecule has 3 nitrogen and oxygen atoms in total. The molecule has 1 aromatic rings. The lowest BCUT2D eigenvalue weighted by Gasteiger charge is -2.36. The highest BCUT2D eigenvalue weighted by atomic mass is 15.3. The van der Waals surface area contributed by atoms with E-state index in [0.29, 0.717) is 5.41 Å². The van der Waals surface area contributed by atoms with Crippen molar-refractivity contribution in [3.8, 4) is 0 Å². The zero-order chi connectivity index (χ0) is 14.3. The molecular weight excluding hydrogens is 258 g/mol. The van der Waals surface area contributed by atoms with Crippen LogP contribution in [0, 0.1) is 5.92 Å². The predicted octanol–water partition coefficient (Wildman–Crippen LogP) is 2.33. The van der Waals surface area contributed by atoms with Crippen molar-refractivity contribution in [3.05, 3.63) is 29.8 Å². The van der Waals surface area contributed by atoms with Gasteiger partial charge in [0.15, 0.2) is 0 Å². The molecule has 2 N–H and O–H groups in total. The fourth-order valence-electron chi connectivity index (χ4n) is 3.75. The number of hydrogen-bond donors (Lipinski definition) is 1. The molecule has 4 rings (SSSR count). The van der Waals surface area contributed by atoms with Crippen LogP contribution in [0.1, 0.15) is 31.2 Å². The van der Waals surface area contributed by atoms with E-state index in [0.717, 1.165) is 11.6 Å². The van der Waals surface area contributed by atoms with E-state index < -0.39 is 0 Å². The molecule has 3 heteroatoms. The van der Waals surface area contributed by atoms with Gasteiger partial charge in [-0.2, -0.15) is 0 Å². The van der Waals surface area contributed by atoms with Crippen molar-refractivity contribution in [1.29, 1.82) is 0 Å². The second-order valence-electron chi connectivity index (χ2n) is 7.42. The largest absolute Gasteiger partial charge is 0.399 e. The van der Waals surface area contributed by atoms with Crippen molar-refractivity contribution in [2.45, 2.75) is 31.1 Å². The normalized spacial score (nSPS) is 25.9. The summed E-state index contributed by atoms with van der Waals surface area (Å²) in [4.78, 5) is 5.36. The van der Waals surface area contributed by atoms with Crippen molar-refractivity contribution >= 4 is 5.69 Å². The molecule has 0 bridgehead atoms. The molecule has 2 saturated carbocycles. The zero-order valence-corrected chi connectivity index (χ0v) is 12.9. The zero-order valence-electron chi connectivity index (χ0n) is 12.9. The number of rotatable bonds is 5. The van der Waals surface area contributed by atoms with Gasteiger partial charge in [0.25, 0.3) is 0 Å². The summed E-state index contributed by atoms with van der Waals surface area (Å²) in [5.74, 6) is 1.03. The van der Waals surface area contributed by atoms with Gasteiger partial charge in [-0.25, -0.2) is 0 Å². The summed E-state index contributed by atoms with van der Waals surface area (Å²) in [5, 5.41) is 0. The van der Waals surface area contributed by atoms with Gasteiger partial charge >= 0.3 is 0 Å². The van der Waals surface area contributed by atoms with Gasteiger partial charge in [0.2, 0.25) is 0 Å². The molecule has 0 atom stereocenters. The first-order chi connectivity index (χ1) is 10.2. The Morgan fingerprint density at radius 1 is 0.952 bits per heavy atom. The van der Waals surface area contributed by atoms with Crippen LogP contribution in [-0.2, 0) is 5.41 Å². The molecule has 0 unspecified atom stereocenters. The first-order valence-corrected chi connectivity index (χ1v) is 8.54. The second-order valence-corrected chi connectivity index (χ2v) is 7.42. The highest BCUT2D eigenvalue weighted by Crippen LogP contribution is 2.49. The van der Waals surface area contributed by atoms with Crippen LogP contribution in [-0.4, -0.2) is 49.1 Å². The Bertz CT molecular complexity index is 480. The Balaban J connectivity index is 1.32. The molecule has 21 heavy (non-hydrogen) atoms. The average Bonchev–Trinajstić information content (AvgIpc) is 3.39. The molecule has 114 valence electrons. The summed E-state index contributed by atoms with van der Waals surface area (Å²) in [6.45, 7) is 7.65. The van der Waals surface area contributed by atoms with Crippen LogP contribution >= 0.6 is 0 Å². The maximum atomic E-state index is 5.82. The van der Waals surface area contributed by atoms with E-state index >= 15 is 0 Å². The molecule has 1 aliphatic heterocycles. The van der Waals surface area contributed by atoms with Crippen molar-refractivity contribution < 1.29 is 0 Å². The Labute approximate surface area is 128 Å². The SMILES string of the molecule is Nc1ccc(C2(CN3CCN(CC4CC4)CC3)CC2)cc1. The van der Waals surface area contributed by atoms with Crippen LogP contribution in [0.3, 0.4) is 0 Å². The molecule has 1 saturated heterocycles. The third-order valence-corrected chi connectivity index (χ3v) is 5.58. The van der Waals surface area contributed by atoms with Crippen molar-refractivity contribution in [1.82, 2.24) is 9.80 Å². The van der Waals surface area contributed by atoms with Crippen LogP contribution in [0.4, 0.5) is 5.69 Å². The molecule has 0 amide bonds. The minimum Gasteiger partial charge on any atom is -0.399 e. The molecule has 1 aromatic carbocycles. The molecule has 2 aliphatic carbocycles. The number of nitrogens with two attached hydrogens (primary N) is 1. The Hall–Kier alpha value is -1.06. The van der Waals surface area contributed by atoms with E-state index in [2.05, 4.69) is 34.1 Å². The van der Waals surface area contributed by atoms with E-state index in [-0.39, 0.29) is 0 Å². The maximum Gasteiger partial charge on any atom is 0.0314 e. The van der Waals surface area contributed by atoms with Crippen molar-refractivity contribution in [3.63, 3.8) is 0 Å². The Kier molecular flexibility index (Phi) is 3.43. The summed E-state index contributed by atoms with van der Waals surface area (Å²) in [6.07, 6.45) is 5.64. The fraction of sp³-hybridized carbons (Fsp3) is 0.667. The van der Waals surface area contributed by atoms with Crippen LogP contribution in [0.5, 0.6) is 0 Å². The lowest BCUT2D eigenvalue weighted by atomic mass is 9.95. The second kappa shape index (κ2) is 5.29. The number of piperazine rings is 1. The maximum absolute atomic E-state index is 5.82. The van der Waals surface area contributed by atoms with Crippen LogP contribution in [0.15, 0.2) is 24.3 Å². The first kappa shape index (κ1) is 13.6. The van der Waals surface area contributed by atoms with Gasteiger partial charge in [-0.3, -0.25) is 4.90 Å². The number of benzene rings is 1. The lowest BCUT2D eigenvalue weighted by Crippen LogP contribution is -2.49. The molecule has 1 heterocycles. The van der Waals surface area contributed by atoms with Crippen molar-refractivity contribution in [2.24, 2.45) is 5.92 Å². The minimum atomic E-state index is 0.437. The lowest BCUT2D eigenvalue weighted by molar-refractivity contribution is 0.120. The third-order valence-electron chi connectivity index (χ3n) is 5.58. The highest BCUT2D eigenvalue weighted by Gasteiger charge is 2.45. The van der Waals surface area contributed by atoms with Gasteiger partial charge in [-0.05, 0) is 49.3 Å². The minimum absolute atomic E-state index is 0.437. The average molecular weight is 285 g/mol. The molecule has 0 aromatic heterocycles. The molecule has 0 spiro atoms. The Morgan fingerprint density at radius 2 is 1.57 bits per heavy atom. The van der Waals surface area contributed by atoms with E-state index in [1.165, 1.54) is 70.5 Å². The van der Waals surface area contributed by atoms with E-state index in [1.807, 2.05) is 0 Å². The summed E-state index contributed by atoms with van der Waals surface area (Å²) < 4.78 is 0. The smallest absolute Gasteiger partial charge is 0.0314 e. The predicted molar refractivity (Wildman–Crippen MR) is 87.4 cm³/mol. The summed E-state index contributed by atoms with van der Waals surface area (Å²) in [5.41, 5.74) is 8.63. The Morgan fingerprint density at radius 3 is 2.14 bits per heavy atom. The van der Waals surface area contributed by atoms with Gasteiger partial charge in [0, 0.05) is 50.4 Å². The highest BCUT2D eigenvalue weighted by molar-refractivity contribution is 5.43. The molecular formula is C18H27N3. The monoisotopic (exact) mass is 285 g/mol. The fourth-order valence-corrected chi connectivity index (χ4v) is 3.75. The van der Waals surface area contributed by atoms with Crippen LogP contribution < -0.4 is 5.73 Å². The van der Waals surface area contributed by atoms with Gasteiger partial charge in [-0.15, -0.1) is 0 Å². The van der Waals surface area contributed by atoms with E-state index in [1.54, 1.807) is 0 Å². The van der Waals surface area contributed by atoms with Gasteiger partial charge < -0.3 is 10.6 Å². The van der Waals surface area contributed by atoms with Gasteiger partial charge in [0.05, 0.1) is 0 Å². The third kappa shape index (κ3) is 3.09. The number of nitrogen functional groups attached to an aromatic ring is 1. The standard InChI is InChI=1S/C18H27N3/c19-17-5-3-16(4-6-17)18(7-8-18)14-21-11-9-20(10-12-21)13-15-1-2-15/h3-6,15H,1-2,7-14,19H2.